The fourth-order valence-electron chi connectivity index (χ4n) is 2.25. The average Bonchev–Trinajstić information content (AvgIpc) is 2.56. The monoisotopic (exact) mass is 187 g/mol. The maximum atomic E-state index is 5.96. The highest BCUT2D eigenvalue weighted by atomic mass is 14.8. The zero-order chi connectivity index (χ0) is 9.54. The van der Waals surface area contributed by atoms with E-state index >= 15 is 0 Å². The minimum absolute atomic E-state index is 0.309. The van der Waals surface area contributed by atoms with Crippen LogP contribution in [0, 0.1) is 0 Å². The maximum Gasteiger partial charge on any atom is 0.0914 e. The van der Waals surface area contributed by atoms with Gasteiger partial charge in [0.05, 0.1) is 11.0 Å². The Kier molecular flexibility index (Phi) is 1.61. The predicted octanol–water partition coefficient (Wildman–Crippen LogP) is 1.38. The molecule has 3 heteroatoms. The largest absolute Gasteiger partial charge is 0.357 e. The molecule has 0 radical (unpaired) electrons. The minimum Gasteiger partial charge on any atom is -0.357 e. The van der Waals surface area contributed by atoms with E-state index < -0.39 is 0 Å². The van der Waals surface area contributed by atoms with Gasteiger partial charge in [0.2, 0.25) is 0 Å². The molecule has 1 unspecified atom stereocenters. The SMILES string of the molecule is NC1CCc2[nH]c3cccnc3c2C1. The normalized spacial score (nSPS) is 21.1. The average molecular weight is 187 g/mol. The first-order chi connectivity index (χ1) is 6.84. The highest BCUT2D eigenvalue weighted by Crippen LogP contribution is 2.26. The summed E-state index contributed by atoms with van der Waals surface area (Å²) in [6, 6.07) is 4.35. The standard InChI is InChI=1S/C11H13N3/c12-7-3-4-9-8(6-7)11-10(14-9)2-1-5-13-11/h1-2,5,7,14H,3-4,6,12H2. The number of hydrogen-bond donors (Lipinski definition) is 2. The van der Waals surface area contributed by atoms with E-state index in [1.54, 1.807) is 0 Å². The number of nitrogens with zero attached hydrogens (tertiary/aromatic N) is 1. The van der Waals surface area contributed by atoms with Crippen molar-refractivity contribution in [1.29, 1.82) is 0 Å². The Hall–Kier alpha value is -1.35. The van der Waals surface area contributed by atoms with Crippen LogP contribution >= 0.6 is 0 Å². The van der Waals surface area contributed by atoms with Crippen molar-refractivity contribution in [2.75, 3.05) is 0 Å². The summed E-state index contributed by atoms with van der Waals surface area (Å²) >= 11 is 0. The molecule has 0 fully saturated rings. The molecule has 2 aromatic rings. The highest BCUT2D eigenvalue weighted by molar-refractivity contribution is 5.80. The van der Waals surface area contributed by atoms with E-state index in [-0.39, 0.29) is 0 Å². The molecular weight excluding hydrogens is 174 g/mol. The van der Waals surface area contributed by atoms with Crippen molar-refractivity contribution in [3.63, 3.8) is 0 Å². The third-order valence-electron chi connectivity index (χ3n) is 2.97. The summed E-state index contributed by atoms with van der Waals surface area (Å²) < 4.78 is 0. The van der Waals surface area contributed by atoms with Gasteiger partial charge in [-0.25, -0.2) is 0 Å². The number of aromatic nitrogens is 2. The quantitative estimate of drug-likeness (QED) is 0.654. The van der Waals surface area contributed by atoms with Crippen LogP contribution in [0.15, 0.2) is 18.3 Å². The van der Waals surface area contributed by atoms with Crippen molar-refractivity contribution in [2.24, 2.45) is 5.73 Å². The van der Waals surface area contributed by atoms with E-state index in [1.807, 2.05) is 12.3 Å². The van der Waals surface area contributed by atoms with Gasteiger partial charge in [-0.2, -0.15) is 0 Å². The van der Waals surface area contributed by atoms with Crippen molar-refractivity contribution >= 4 is 11.0 Å². The Morgan fingerprint density at radius 3 is 3.36 bits per heavy atom. The molecule has 1 atom stereocenters. The Morgan fingerprint density at radius 1 is 1.50 bits per heavy atom. The van der Waals surface area contributed by atoms with E-state index in [2.05, 4.69) is 16.0 Å². The van der Waals surface area contributed by atoms with E-state index in [9.17, 15) is 0 Å². The first-order valence-electron chi connectivity index (χ1n) is 5.04. The fourth-order valence-corrected chi connectivity index (χ4v) is 2.25. The summed E-state index contributed by atoms with van der Waals surface area (Å²) in [7, 11) is 0. The van der Waals surface area contributed by atoms with E-state index in [0.29, 0.717) is 6.04 Å². The summed E-state index contributed by atoms with van der Waals surface area (Å²) in [6.07, 6.45) is 4.95. The maximum absolute atomic E-state index is 5.96. The van der Waals surface area contributed by atoms with Crippen LogP contribution in [0.3, 0.4) is 0 Å². The Morgan fingerprint density at radius 2 is 2.43 bits per heavy atom. The summed E-state index contributed by atoms with van der Waals surface area (Å²) in [4.78, 5) is 7.82. The number of hydrogen-bond acceptors (Lipinski definition) is 2. The molecule has 2 aromatic heterocycles. The second-order valence-corrected chi connectivity index (χ2v) is 3.98. The van der Waals surface area contributed by atoms with Crippen LogP contribution in [0.2, 0.25) is 0 Å². The molecule has 3 N–H and O–H groups in total. The number of nitrogens with two attached hydrogens (primary N) is 1. The number of rotatable bonds is 0. The number of aromatic amines is 1. The lowest BCUT2D eigenvalue weighted by molar-refractivity contribution is 0.573. The van der Waals surface area contributed by atoms with Crippen molar-refractivity contribution in [3.8, 4) is 0 Å². The predicted molar refractivity (Wildman–Crippen MR) is 56.1 cm³/mol. The van der Waals surface area contributed by atoms with Gasteiger partial charge in [0, 0.05) is 23.5 Å². The van der Waals surface area contributed by atoms with Gasteiger partial charge >= 0.3 is 0 Å². The van der Waals surface area contributed by atoms with Gasteiger partial charge in [-0.1, -0.05) is 0 Å². The number of fused-ring (bicyclic) bond motifs is 3. The van der Waals surface area contributed by atoms with Crippen LogP contribution in [0.25, 0.3) is 11.0 Å². The van der Waals surface area contributed by atoms with Crippen LogP contribution in [0.4, 0.5) is 0 Å². The first-order valence-corrected chi connectivity index (χ1v) is 5.04. The summed E-state index contributed by atoms with van der Waals surface area (Å²) in [5.74, 6) is 0. The molecule has 3 nitrogen and oxygen atoms in total. The van der Waals surface area contributed by atoms with Crippen molar-refractivity contribution in [1.82, 2.24) is 9.97 Å². The fraction of sp³-hybridized carbons (Fsp3) is 0.364. The molecule has 14 heavy (non-hydrogen) atoms. The molecule has 0 amide bonds. The molecular formula is C11H13N3. The minimum atomic E-state index is 0.309. The topological polar surface area (TPSA) is 54.7 Å². The number of aryl methyl sites for hydroxylation is 1. The second kappa shape index (κ2) is 2.82. The number of nitrogens with one attached hydrogen (secondary N) is 1. The zero-order valence-electron chi connectivity index (χ0n) is 7.96. The molecule has 0 aliphatic heterocycles. The molecule has 0 aromatic carbocycles. The van der Waals surface area contributed by atoms with Gasteiger partial charge in [-0.3, -0.25) is 4.98 Å². The van der Waals surface area contributed by atoms with Crippen LogP contribution in [0.5, 0.6) is 0 Å². The van der Waals surface area contributed by atoms with Crippen LogP contribution in [0.1, 0.15) is 17.7 Å². The number of H-pyrrole nitrogens is 1. The van der Waals surface area contributed by atoms with E-state index in [1.165, 1.54) is 11.3 Å². The first kappa shape index (κ1) is 8.00. The van der Waals surface area contributed by atoms with Crippen molar-refractivity contribution < 1.29 is 0 Å². The molecule has 2 heterocycles. The van der Waals surface area contributed by atoms with Crippen LogP contribution < -0.4 is 5.73 Å². The highest BCUT2D eigenvalue weighted by Gasteiger charge is 2.20. The lowest BCUT2D eigenvalue weighted by Crippen LogP contribution is -2.27. The molecule has 72 valence electrons. The van der Waals surface area contributed by atoms with Crippen molar-refractivity contribution in [2.45, 2.75) is 25.3 Å². The van der Waals surface area contributed by atoms with Crippen molar-refractivity contribution in [3.05, 3.63) is 29.6 Å². The smallest absolute Gasteiger partial charge is 0.0914 e. The lowest BCUT2D eigenvalue weighted by Gasteiger charge is -2.17. The van der Waals surface area contributed by atoms with Gasteiger partial charge in [0.1, 0.15) is 0 Å². The molecule has 1 aliphatic carbocycles. The Bertz CT molecular complexity index is 472. The molecule has 0 saturated carbocycles. The van der Waals surface area contributed by atoms with E-state index in [4.69, 9.17) is 5.73 Å². The van der Waals surface area contributed by atoms with Crippen LogP contribution in [-0.2, 0) is 12.8 Å². The van der Waals surface area contributed by atoms with E-state index in [0.717, 1.165) is 30.3 Å². The Balaban J connectivity index is 2.25. The zero-order valence-corrected chi connectivity index (χ0v) is 7.96. The van der Waals surface area contributed by atoms with Gasteiger partial charge in [-0.15, -0.1) is 0 Å². The third kappa shape index (κ3) is 1.06. The molecule has 0 spiro atoms. The number of pyridine rings is 1. The molecule has 1 aliphatic rings. The summed E-state index contributed by atoms with van der Waals surface area (Å²) in [5, 5.41) is 0. The van der Waals surface area contributed by atoms with Crippen LogP contribution in [-0.4, -0.2) is 16.0 Å². The second-order valence-electron chi connectivity index (χ2n) is 3.98. The molecule has 3 rings (SSSR count). The molecule has 0 bridgehead atoms. The molecule has 0 saturated heterocycles. The summed E-state index contributed by atoms with van der Waals surface area (Å²) in [5.41, 5.74) is 10.9. The van der Waals surface area contributed by atoms with Gasteiger partial charge < -0.3 is 10.7 Å². The van der Waals surface area contributed by atoms with Gasteiger partial charge in [0.15, 0.2) is 0 Å². The third-order valence-corrected chi connectivity index (χ3v) is 2.97. The van der Waals surface area contributed by atoms with Gasteiger partial charge in [-0.05, 0) is 31.4 Å². The lowest BCUT2D eigenvalue weighted by atomic mass is 9.93. The van der Waals surface area contributed by atoms with Gasteiger partial charge in [0.25, 0.3) is 0 Å². The Labute approximate surface area is 82.3 Å². The summed E-state index contributed by atoms with van der Waals surface area (Å²) in [6.45, 7) is 0.